The second-order valence-electron chi connectivity index (χ2n) is 13.4. The molecule has 0 N–H and O–H groups in total. The Hall–Kier alpha value is -5.74. The van der Waals surface area contributed by atoms with Gasteiger partial charge in [0.25, 0.3) is 0 Å². The molecule has 9 rings (SSSR count). The first kappa shape index (κ1) is 30.3. The van der Waals surface area contributed by atoms with Crippen molar-refractivity contribution in [3.8, 4) is 11.5 Å². The molecule has 1 aliphatic heterocycles. The van der Waals surface area contributed by atoms with Crippen LogP contribution in [0, 0.1) is 5.92 Å². The number of allylic oxidation sites excluding steroid dienone is 7. The van der Waals surface area contributed by atoms with Crippen molar-refractivity contribution in [2.24, 2.45) is 15.9 Å². The quantitative estimate of drug-likeness (QED) is 0.154. The van der Waals surface area contributed by atoms with Gasteiger partial charge in [-0.05, 0) is 71.5 Å². The summed E-state index contributed by atoms with van der Waals surface area (Å²) < 4.78 is 14.1. The largest absolute Gasteiger partial charge is 0.478 e. The van der Waals surface area contributed by atoms with Crippen molar-refractivity contribution < 1.29 is 9.47 Å². The van der Waals surface area contributed by atoms with E-state index < -0.39 is 5.41 Å². The number of nitrogens with zero attached hydrogens (tertiary/aromatic N) is 2. The van der Waals surface area contributed by atoms with Crippen LogP contribution in [0.5, 0.6) is 11.5 Å². The van der Waals surface area contributed by atoms with Crippen molar-refractivity contribution in [3.05, 3.63) is 191 Å². The van der Waals surface area contributed by atoms with Crippen molar-refractivity contribution in [1.29, 1.82) is 0 Å². The SMILES string of the molecule is C=NC(=NCC1C=CC=CC1)C1=C(c2cccc3c2OC2C=CC4=C(c5ccccc5C4(c4ccccc4)c4ccccc4)C2O3)CCC=C1. The Morgan fingerprint density at radius 2 is 1.52 bits per heavy atom. The lowest BCUT2D eigenvalue weighted by atomic mass is 9.66. The normalized spacial score (nSPS) is 22.6. The summed E-state index contributed by atoms with van der Waals surface area (Å²) in [6.45, 7) is 4.60. The van der Waals surface area contributed by atoms with Crippen LogP contribution >= 0.6 is 0 Å². The molecule has 4 aromatic rings. The van der Waals surface area contributed by atoms with Crippen LogP contribution in [0.4, 0.5) is 0 Å². The fraction of sp³-hybridized carbons (Fsp3) is 0.174. The monoisotopic (exact) mass is 650 g/mol. The Morgan fingerprint density at radius 3 is 2.28 bits per heavy atom. The Labute approximate surface area is 293 Å². The van der Waals surface area contributed by atoms with Crippen LogP contribution in [0.25, 0.3) is 11.1 Å². The van der Waals surface area contributed by atoms with Crippen LogP contribution in [0.1, 0.15) is 47.1 Å². The van der Waals surface area contributed by atoms with Gasteiger partial charge >= 0.3 is 0 Å². The summed E-state index contributed by atoms with van der Waals surface area (Å²) in [7, 11) is 0. The first-order chi connectivity index (χ1) is 24.8. The van der Waals surface area contributed by atoms with Gasteiger partial charge in [-0.25, -0.2) is 4.99 Å². The van der Waals surface area contributed by atoms with Crippen LogP contribution in [-0.4, -0.2) is 31.3 Å². The van der Waals surface area contributed by atoms with Crippen LogP contribution in [-0.2, 0) is 5.41 Å². The summed E-state index contributed by atoms with van der Waals surface area (Å²) in [5.74, 6) is 2.58. The first-order valence-electron chi connectivity index (χ1n) is 17.6. The standard InChI is InChI=1S/C46H38N2O2/c1-47-45(48-30-31-16-5-2-6-17-31)36-23-12-11-22-34(36)35-25-15-27-40-43(35)49-41-29-28-39-42(44(41)50-40)37-24-13-14-26-38(37)46(39,32-18-7-3-8-19-32)33-20-9-4-10-21-33/h2-10,12-16,18-21,23-29,31,41,44H,1,11,17,22,30H2. The molecule has 0 saturated heterocycles. The van der Waals surface area contributed by atoms with Crippen LogP contribution in [0.15, 0.2) is 173 Å². The van der Waals surface area contributed by atoms with Gasteiger partial charge in [0.15, 0.2) is 29.5 Å². The summed E-state index contributed by atoms with van der Waals surface area (Å²) >= 11 is 0. The zero-order chi connectivity index (χ0) is 33.5. The molecule has 50 heavy (non-hydrogen) atoms. The third-order valence-corrected chi connectivity index (χ3v) is 10.7. The van der Waals surface area contributed by atoms with E-state index in [-0.39, 0.29) is 12.2 Å². The van der Waals surface area contributed by atoms with E-state index in [2.05, 4.69) is 157 Å². The number of benzene rings is 4. The van der Waals surface area contributed by atoms with Crippen LogP contribution < -0.4 is 9.47 Å². The molecule has 0 radical (unpaired) electrons. The lowest BCUT2D eigenvalue weighted by Gasteiger charge is -2.39. The van der Waals surface area contributed by atoms with Crippen molar-refractivity contribution >= 4 is 23.7 Å². The van der Waals surface area contributed by atoms with E-state index in [4.69, 9.17) is 14.5 Å². The minimum Gasteiger partial charge on any atom is -0.478 e. The van der Waals surface area contributed by atoms with Gasteiger partial charge in [-0.15, -0.1) is 0 Å². The molecule has 244 valence electrons. The third kappa shape index (κ3) is 4.81. The molecule has 1 heterocycles. The lowest BCUT2D eigenvalue weighted by molar-refractivity contribution is 0.0807. The van der Waals surface area contributed by atoms with E-state index in [1.807, 2.05) is 6.07 Å². The predicted octanol–water partition coefficient (Wildman–Crippen LogP) is 9.90. The van der Waals surface area contributed by atoms with Gasteiger partial charge < -0.3 is 9.47 Å². The van der Waals surface area contributed by atoms with Crippen LogP contribution in [0.3, 0.4) is 0 Å². The molecular weight excluding hydrogens is 613 g/mol. The summed E-state index contributed by atoms with van der Waals surface area (Å²) in [5, 5.41) is 0. The summed E-state index contributed by atoms with van der Waals surface area (Å²) in [6.07, 6.45) is 19.6. The second kappa shape index (κ2) is 12.6. The topological polar surface area (TPSA) is 43.2 Å². The molecule has 0 saturated carbocycles. The molecule has 0 spiro atoms. The Morgan fingerprint density at radius 1 is 0.760 bits per heavy atom. The van der Waals surface area contributed by atoms with Crippen LogP contribution in [0.2, 0.25) is 0 Å². The Balaban J connectivity index is 1.15. The Bertz CT molecular complexity index is 2160. The fourth-order valence-electron chi connectivity index (χ4n) is 8.49. The molecule has 4 aromatic carbocycles. The zero-order valence-corrected chi connectivity index (χ0v) is 27.9. The van der Waals surface area contributed by atoms with Crippen molar-refractivity contribution in [2.45, 2.75) is 36.9 Å². The molecule has 4 aliphatic carbocycles. The molecule has 0 bridgehead atoms. The number of hydrogen-bond acceptors (Lipinski definition) is 3. The second-order valence-corrected chi connectivity index (χ2v) is 13.4. The number of fused-ring (bicyclic) bond motifs is 5. The minimum absolute atomic E-state index is 0.294. The van der Waals surface area contributed by atoms with Gasteiger partial charge in [-0.2, -0.15) is 0 Å². The summed E-state index contributed by atoms with van der Waals surface area (Å²) in [4.78, 5) is 9.40. The van der Waals surface area contributed by atoms with E-state index in [0.717, 1.165) is 47.5 Å². The molecular formula is C46H38N2O2. The molecule has 3 atom stereocenters. The molecule has 0 fully saturated rings. The number of ether oxygens (including phenoxy) is 2. The number of aliphatic imine (C=N–C) groups is 2. The summed E-state index contributed by atoms with van der Waals surface area (Å²) in [5.41, 5.74) is 10.1. The van der Waals surface area contributed by atoms with Crippen molar-refractivity contribution in [3.63, 3.8) is 0 Å². The highest BCUT2D eigenvalue weighted by molar-refractivity contribution is 6.10. The third-order valence-electron chi connectivity index (χ3n) is 10.7. The van der Waals surface area contributed by atoms with Crippen molar-refractivity contribution in [2.75, 3.05) is 6.54 Å². The maximum atomic E-state index is 7.10. The molecule has 0 aromatic heterocycles. The average molecular weight is 651 g/mol. The molecule has 4 nitrogen and oxygen atoms in total. The number of rotatable bonds is 6. The van der Waals surface area contributed by atoms with Gasteiger partial charge in [0, 0.05) is 29.2 Å². The predicted molar refractivity (Wildman–Crippen MR) is 204 cm³/mol. The van der Waals surface area contributed by atoms with Gasteiger partial charge in [0.2, 0.25) is 0 Å². The molecule has 4 heteroatoms. The van der Waals surface area contributed by atoms with Gasteiger partial charge in [-0.3, -0.25) is 4.99 Å². The van der Waals surface area contributed by atoms with Gasteiger partial charge in [0.05, 0.1) is 5.41 Å². The van der Waals surface area contributed by atoms with Crippen molar-refractivity contribution in [1.82, 2.24) is 0 Å². The van der Waals surface area contributed by atoms with E-state index in [0.29, 0.717) is 18.3 Å². The smallest absolute Gasteiger partial charge is 0.169 e. The van der Waals surface area contributed by atoms with Gasteiger partial charge in [0.1, 0.15) is 0 Å². The minimum atomic E-state index is -0.479. The highest BCUT2D eigenvalue weighted by atomic mass is 16.6. The highest BCUT2D eigenvalue weighted by Gasteiger charge is 2.52. The molecule has 5 aliphatic rings. The maximum Gasteiger partial charge on any atom is 0.169 e. The van der Waals surface area contributed by atoms with Gasteiger partial charge in [-0.1, -0.05) is 140 Å². The summed E-state index contributed by atoms with van der Waals surface area (Å²) in [6, 6.07) is 36.8. The lowest BCUT2D eigenvalue weighted by Crippen LogP contribution is -2.42. The molecule has 0 amide bonds. The van der Waals surface area contributed by atoms with E-state index >= 15 is 0 Å². The highest BCUT2D eigenvalue weighted by Crippen LogP contribution is 2.58. The number of hydrogen-bond donors (Lipinski definition) is 0. The van der Waals surface area contributed by atoms with E-state index in [9.17, 15) is 0 Å². The average Bonchev–Trinajstić information content (AvgIpc) is 3.50. The maximum absolute atomic E-state index is 7.10. The number of amidine groups is 1. The van der Waals surface area contributed by atoms with E-state index in [1.165, 1.54) is 33.4 Å². The zero-order valence-electron chi connectivity index (χ0n) is 27.9. The van der Waals surface area contributed by atoms with E-state index in [1.54, 1.807) is 0 Å². The fourth-order valence-corrected chi connectivity index (χ4v) is 8.49. The number of para-hydroxylation sites is 1. The first-order valence-corrected chi connectivity index (χ1v) is 17.6. The Kier molecular flexibility index (Phi) is 7.65. The molecule has 3 unspecified atom stereocenters.